The lowest BCUT2D eigenvalue weighted by atomic mass is 9.78. The van der Waals surface area contributed by atoms with Crippen LogP contribution < -0.4 is 26.0 Å². The number of ether oxygens (including phenoxy) is 1. The number of primary amides is 1. The van der Waals surface area contributed by atoms with Gasteiger partial charge in [0.15, 0.2) is 0 Å². The minimum atomic E-state index is -0.474. The fourth-order valence-corrected chi connectivity index (χ4v) is 5.18. The quantitative estimate of drug-likeness (QED) is 0.694. The summed E-state index contributed by atoms with van der Waals surface area (Å²) in [5.41, 5.74) is 14.4. The second kappa shape index (κ2) is 8.82. The maximum atomic E-state index is 12.8. The Morgan fingerprint density at radius 2 is 1.94 bits per heavy atom. The van der Waals surface area contributed by atoms with E-state index < -0.39 is 5.91 Å². The van der Waals surface area contributed by atoms with Crippen LogP contribution in [0.2, 0.25) is 0 Å². The number of nitrogens with zero attached hydrogens (tertiary/aromatic N) is 2. The minimum Gasteiger partial charge on any atom is -0.492 e. The molecule has 2 aliphatic rings. The second-order valence-electron chi connectivity index (χ2n) is 8.90. The number of fused-ring (bicyclic) bond motifs is 1. The standard InChI is InChI=1S/C25H32N4O3/c1-15-23(17-7-8-17)29(16(2)30)22-10-9-18(25(27)31)13-21(22)24(15)28(3)19-5-4-6-20(14-19)32-12-11-26/h4-6,9-10,13-15,17,23-24H,7-8,11-12,26H2,1-3H3,(H2,27,31)/t15?,23-,24-/m1/s1. The number of carbonyl (C=O) groups excluding carboxylic acids is 2. The molecule has 3 atom stereocenters. The molecular weight excluding hydrogens is 404 g/mol. The lowest BCUT2D eigenvalue weighted by molar-refractivity contribution is -0.117. The van der Waals surface area contributed by atoms with Gasteiger partial charge in [0.2, 0.25) is 11.8 Å². The first kappa shape index (κ1) is 22.1. The average Bonchev–Trinajstić information content (AvgIpc) is 3.61. The average molecular weight is 437 g/mol. The predicted octanol–water partition coefficient (Wildman–Crippen LogP) is 3.08. The predicted molar refractivity (Wildman–Crippen MR) is 126 cm³/mol. The van der Waals surface area contributed by atoms with E-state index in [9.17, 15) is 9.59 Å². The molecule has 0 radical (unpaired) electrons. The van der Waals surface area contributed by atoms with E-state index in [4.69, 9.17) is 16.2 Å². The minimum absolute atomic E-state index is 0.0279. The molecule has 1 saturated carbocycles. The third-order valence-corrected chi connectivity index (χ3v) is 6.70. The van der Waals surface area contributed by atoms with Crippen LogP contribution in [0.3, 0.4) is 0 Å². The Morgan fingerprint density at radius 3 is 2.56 bits per heavy atom. The van der Waals surface area contributed by atoms with E-state index in [0.717, 1.165) is 35.5 Å². The number of amides is 2. The molecule has 7 heteroatoms. The van der Waals surface area contributed by atoms with Gasteiger partial charge in [-0.15, -0.1) is 0 Å². The van der Waals surface area contributed by atoms with Gasteiger partial charge in [-0.3, -0.25) is 9.59 Å². The molecule has 2 aromatic rings. The molecule has 32 heavy (non-hydrogen) atoms. The van der Waals surface area contributed by atoms with E-state index in [1.807, 2.05) is 41.3 Å². The summed E-state index contributed by atoms with van der Waals surface area (Å²) in [6.07, 6.45) is 2.26. The Labute approximate surface area is 189 Å². The first-order chi connectivity index (χ1) is 15.3. The highest BCUT2D eigenvalue weighted by Gasteiger charge is 2.48. The van der Waals surface area contributed by atoms with Gasteiger partial charge in [-0.1, -0.05) is 13.0 Å². The van der Waals surface area contributed by atoms with Crippen LogP contribution >= 0.6 is 0 Å². The number of carbonyl (C=O) groups is 2. The van der Waals surface area contributed by atoms with Gasteiger partial charge in [-0.25, -0.2) is 0 Å². The molecule has 0 saturated heterocycles. The summed E-state index contributed by atoms with van der Waals surface area (Å²) in [7, 11) is 2.05. The third-order valence-electron chi connectivity index (χ3n) is 6.70. The molecule has 1 aliphatic carbocycles. The van der Waals surface area contributed by atoms with E-state index in [1.54, 1.807) is 13.0 Å². The number of anilines is 2. The zero-order valence-corrected chi connectivity index (χ0v) is 19.0. The summed E-state index contributed by atoms with van der Waals surface area (Å²) in [4.78, 5) is 28.9. The smallest absolute Gasteiger partial charge is 0.248 e. The Balaban J connectivity index is 1.81. The highest BCUT2D eigenvalue weighted by molar-refractivity contribution is 5.97. The molecule has 1 aliphatic heterocycles. The van der Waals surface area contributed by atoms with Crippen molar-refractivity contribution in [2.45, 2.75) is 38.8 Å². The van der Waals surface area contributed by atoms with E-state index in [2.05, 4.69) is 18.9 Å². The van der Waals surface area contributed by atoms with Crippen molar-refractivity contribution in [3.05, 3.63) is 53.6 Å². The summed E-state index contributed by atoms with van der Waals surface area (Å²) in [6.45, 7) is 4.73. The van der Waals surface area contributed by atoms with Gasteiger partial charge in [0, 0.05) is 55.5 Å². The summed E-state index contributed by atoms with van der Waals surface area (Å²) in [6, 6.07) is 13.5. The topological polar surface area (TPSA) is 102 Å². The number of hydrogen-bond acceptors (Lipinski definition) is 5. The molecule has 2 aromatic carbocycles. The number of rotatable bonds is 7. The van der Waals surface area contributed by atoms with Crippen molar-refractivity contribution >= 4 is 23.2 Å². The van der Waals surface area contributed by atoms with Gasteiger partial charge in [0.1, 0.15) is 12.4 Å². The van der Waals surface area contributed by atoms with Crippen LogP contribution in [0.5, 0.6) is 5.75 Å². The zero-order chi connectivity index (χ0) is 23.0. The van der Waals surface area contributed by atoms with Gasteiger partial charge in [-0.2, -0.15) is 0 Å². The molecular formula is C25H32N4O3. The monoisotopic (exact) mass is 436 g/mol. The highest BCUT2D eigenvalue weighted by Crippen LogP contribution is 2.51. The summed E-state index contributed by atoms with van der Waals surface area (Å²) < 4.78 is 5.73. The van der Waals surface area contributed by atoms with Crippen molar-refractivity contribution < 1.29 is 14.3 Å². The van der Waals surface area contributed by atoms with E-state index >= 15 is 0 Å². The molecule has 0 bridgehead atoms. The third kappa shape index (κ3) is 4.05. The Bertz CT molecular complexity index is 1020. The van der Waals surface area contributed by atoms with Crippen LogP contribution in [-0.2, 0) is 4.79 Å². The van der Waals surface area contributed by atoms with E-state index in [0.29, 0.717) is 24.6 Å². The van der Waals surface area contributed by atoms with Gasteiger partial charge >= 0.3 is 0 Å². The first-order valence-electron chi connectivity index (χ1n) is 11.2. The normalized spacial score (nSPS) is 22.2. The van der Waals surface area contributed by atoms with E-state index in [-0.39, 0.29) is 23.9 Å². The molecule has 4 N–H and O–H groups in total. The van der Waals surface area contributed by atoms with Crippen LogP contribution in [0.4, 0.5) is 11.4 Å². The van der Waals surface area contributed by atoms with Crippen LogP contribution in [0.25, 0.3) is 0 Å². The van der Waals surface area contributed by atoms with Crippen molar-refractivity contribution in [2.24, 2.45) is 23.3 Å². The van der Waals surface area contributed by atoms with Crippen LogP contribution in [-0.4, -0.2) is 38.1 Å². The van der Waals surface area contributed by atoms with Crippen molar-refractivity contribution in [3.63, 3.8) is 0 Å². The summed E-state index contributed by atoms with van der Waals surface area (Å²) in [5.74, 6) is 0.963. The van der Waals surface area contributed by atoms with Gasteiger partial charge in [-0.05, 0) is 54.7 Å². The lowest BCUT2D eigenvalue weighted by Crippen LogP contribution is -2.52. The van der Waals surface area contributed by atoms with Crippen molar-refractivity contribution in [3.8, 4) is 5.75 Å². The number of nitrogens with two attached hydrogens (primary N) is 2. The maximum absolute atomic E-state index is 12.8. The number of benzene rings is 2. The Kier molecular flexibility index (Phi) is 6.11. The van der Waals surface area contributed by atoms with Crippen LogP contribution in [0.1, 0.15) is 48.7 Å². The number of hydrogen-bond donors (Lipinski definition) is 2. The van der Waals surface area contributed by atoms with Crippen molar-refractivity contribution in [1.82, 2.24) is 0 Å². The van der Waals surface area contributed by atoms with Gasteiger partial charge < -0.3 is 26.0 Å². The maximum Gasteiger partial charge on any atom is 0.248 e. The lowest BCUT2D eigenvalue weighted by Gasteiger charge is -2.48. The summed E-state index contributed by atoms with van der Waals surface area (Å²) in [5, 5.41) is 0. The molecule has 4 rings (SSSR count). The highest BCUT2D eigenvalue weighted by atomic mass is 16.5. The zero-order valence-electron chi connectivity index (χ0n) is 19.0. The molecule has 1 unspecified atom stereocenters. The molecule has 1 fully saturated rings. The molecule has 1 heterocycles. The van der Waals surface area contributed by atoms with Crippen molar-refractivity contribution in [1.29, 1.82) is 0 Å². The largest absolute Gasteiger partial charge is 0.492 e. The Morgan fingerprint density at radius 1 is 1.19 bits per heavy atom. The molecule has 0 aromatic heterocycles. The Hall–Kier alpha value is -3.06. The van der Waals surface area contributed by atoms with Crippen LogP contribution in [0.15, 0.2) is 42.5 Å². The SMILES string of the molecule is CC(=O)N1c2ccc(C(N)=O)cc2[C@H](N(C)c2cccc(OCCN)c2)C(C)[C@@H]1C1CC1. The second-order valence-corrected chi connectivity index (χ2v) is 8.90. The molecule has 2 amide bonds. The molecule has 0 spiro atoms. The van der Waals surface area contributed by atoms with Crippen molar-refractivity contribution in [2.75, 3.05) is 30.0 Å². The molecule has 170 valence electrons. The fourth-order valence-electron chi connectivity index (χ4n) is 5.18. The van der Waals surface area contributed by atoms with Crippen LogP contribution in [0, 0.1) is 11.8 Å². The van der Waals surface area contributed by atoms with E-state index in [1.165, 1.54) is 0 Å². The molecule has 7 nitrogen and oxygen atoms in total. The van der Waals surface area contributed by atoms with Gasteiger partial charge in [0.05, 0.1) is 6.04 Å². The van der Waals surface area contributed by atoms with Gasteiger partial charge in [0.25, 0.3) is 0 Å². The first-order valence-corrected chi connectivity index (χ1v) is 11.2. The summed E-state index contributed by atoms with van der Waals surface area (Å²) >= 11 is 0. The fraction of sp³-hybridized carbons (Fsp3) is 0.440.